The van der Waals surface area contributed by atoms with E-state index >= 15 is 0 Å². The fourth-order valence-electron chi connectivity index (χ4n) is 1.40. The van der Waals surface area contributed by atoms with Gasteiger partial charge in [-0.2, -0.15) is 0 Å². The normalized spacial score (nSPS) is 16.0. The summed E-state index contributed by atoms with van der Waals surface area (Å²) < 4.78 is 17.7. The van der Waals surface area contributed by atoms with E-state index in [2.05, 4.69) is 0 Å². The van der Waals surface area contributed by atoms with Crippen LogP contribution in [0.1, 0.15) is 5.56 Å². The lowest BCUT2D eigenvalue weighted by Gasteiger charge is -2.18. The van der Waals surface area contributed by atoms with Crippen LogP contribution in [0, 0.1) is 5.82 Å². The monoisotopic (exact) mass is 166 g/mol. The molecule has 0 unspecified atom stereocenters. The Hall–Kier alpha value is -0.865. The molecule has 1 aliphatic rings. The molecule has 0 spiro atoms. The summed E-state index contributed by atoms with van der Waals surface area (Å²) in [6.45, 7) is 0.456. The first-order chi connectivity index (χ1) is 5.77. The van der Waals surface area contributed by atoms with E-state index in [4.69, 9.17) is 4.65 Å². The zero-order chi connectivity index (χ0) is 8.55. The van der Waals surface area contributed by atoms with Crippen LogP contribution in [0.25, 0.3) is 0 Å². The number of hydrogen-bond donors (Lipinski definition) is 1. The predicted octanol–water partition coefficient (Wildman–Crippen LogP) is 0.0859. The van der Waals surface area contributed by atoms with Gasteiger partial charge in [0.15, 0.2) is 0 Å². The van der Waals surface area contributed by atoms with Crippen molar-refractivity contribution >= 4 is 12.6 Å². The van der Waals surface area contributed by atoms with Crippen LogP contribution < -0.4 is 5.46 Å². The molecule has 0 atom stereocenters. The van der Waals surface area contributed by atoms with Crippen LogP contribution >= 0.6 is 0 Å². The predicted molar refractivity (Wildman–Crippen MR) is 43.7 cm³/mol. The van der Waals surface area contributed by atoms with E-state index in [9.17, 15) is 9.41 Å². The third-order valence-corrected chi connectivity index (χ3v) is 2.02. The molecule has 0 amide bonds. The average molecular weight is 166 g/mol. The Morgan fingerprint density at radius 1 is 1.50 bits per heavy atom. The summed E-state index contributed by atoms with van der Waals surface area (Å²) in [6.07, 6.45) is 0.671. The second-order valence-electron chi connectivity index (χ2n) is 2.82. The van der Waals surface area contributed by atoms with Gasteiger partial charge in [0.1, 0.15) is 5.82 Å². The molecule has 1 aliphatic heterocycles. The highest BCUT2D eigenvalue weighted by molar-refractivity contribution is 6.60. The van der Waals surface area contributed by atoms with Crippen molar-refractivity contribution in [2.24, 2.45) is 0 Å². The van der Waals surface area contributed by atoms with Gasteiger partial charge in [-0.3, -0.25) is 0 Å². The highest BCUT2D eigenvalue weighted by atomic mass is 19.1. The molecule has 0 aromatic heterocycles. The third-order valence-electron chi connectivity index (χ3n) is 2.02. The maximum absolute atomic E-state index is 12.7. The standard InChI is InChI=1S/C8H8BFO2/c10-7-1-2-8-6(5-7)3-4-12-9(8)11/h1-2,5,11H,3-4H2. The Balaban J connectivity index is 2.46. The molecule has 0 saturated heterocycles. The molecule has 0 fully saturated rings. The molecule has 0 aliphatic carbocycles. The molecule has 2 nitrogen and oxygen atoms in total. The third kappa shape index (κ3) is 1.23. The summed E-state index contributed by atoms with van der Waals surface area (Å²) in [7, 11) is -0.880. The maximum Gasteiger partial charge on any atom is 0.491 e. The van der Waals surface area contributed by atoms with Crippen molar-refractivity contribution in [3.05, 3.63) is 29.6 Å². The SMILES string of the molecule is OB1OCCc2cc(F)ccc21. The lowest BCUT2D eigenvalue weighted by atomic mass is 9.74. The average Bonchev–Trinajstić information content (AvgIpc) is 2.04. The lowest BCUT2D eigenvalue weighted by Crippen LogP contribution is -2.41. The number of benzene rings is 1. The molecule has 1 N–H and O–H groups in total. The van der Waals surface area contributed by atoms with Gasteiger partial charge in [0.05, 0.1) is 0 Å². The minimum atomic E-state index is -0.880. The van der Waals surface area contributed by atoms with Gasteiger partial charge >= 0.3 is 7.12 Å². The van der Waals surface area contributed by atoms with Gasteiger partial charge in [0.25, 0.3) is 0 Å². The van der Waals surface area contributed by atoms with Crippen LogP contribution in [0.4, 0.5) is 4.39 Å². The van der Waals surface area contributed by atoms with E-state index in [1.165, 1.54) is 12.1 Å². The topological polar surface area (TPSA) is 29.5 Å². The first kappa shape index (κ1) is 7.77. The quantitative estimate of drug-likeness (QED) is 0.553. The molecule has 1 heterocycles. The Bertz CT molecular complexity index is 303. The number of fused-ring (bicyclic) bond motifs is 1. The summed E-state index contributed by atoms with van der Waals surface area (Å²) >= 11 is 0. The van der Waals surface area contributed by atoms with Crippen LogP contribution in [-0.2, 0) is 11.1 Å². The first-order valence-corrected chi connectivity index (χ1v) is 3.85. The largest absolute Gasteiger partial charge is 0.491 e. The highest BCUT2D eigenvalue weighted by Gasteiger charge is 2.24. The highest BCUT2D eigenvalue weighted by Crippen LogP contribution is 2.08. The van der Waals surface area contributed by atoms with Gasteiger partial charge in [-0.1, -0.05) is 6.07 Å². The molecule has 0 bridgehead atoms. The van der Waals surface area contributed by atoms with Crippen molar-refractivity contribution in [1.82, 2.24) is 0 Å². The Morgan fingerprint density at radius 2 is 2.33 bits per heavy atom. The van der Waals surface area contributed by atoms with Crippen LogP contribution in [0.2, 0.25) is 0 Å². The number of hydrogen-bond acceptors (Lipinski definition) is 2. The second-order valence-corrected chi connectivity index (χ2v) is 2.82. The van der Waals surface area contributed by atoms with E-state index in [0.717, 1.165) is 5.56 Å². The zero-order valence-corrected chi connectivity index (χ0v) is 6.46. The fourth-order valence-corrected chi connectivity index (χ4v) is 1.40. The molecule has 0 radical (unpaired) electrons. The van der Waals surface area contributed by atoms with Crippen molar-refractivity contribution in [3.63, 3.8) is 0 Å². The van der Waals surface area contributed by atoms with E-state index < -0.39 is 7.12 Å². The molecule has 4 heteroatoms. The Labute approximate surface area is 70.1 Å². The summed E-state index contributed by atoms with van der Waals surface area (Å²) in [4.78, 5) is 0. The van der Waals surface area contributed by atoms with Crippen LogP contribution in [0.3, 0.4) is 0 Å². The first-order valence-electron chi connectivity index (χ1n) is 3.85. The molecular formula is C8H8BFO2. The van der Waals surface area contributed by atoms with Gasteiger partial charge in [0, 0.05) is 6.61 Å². The van der Waals surface area contributed by atoms with Crippen LogP contribution in [-0.4, -0.2) is 18.7 Å². The summed E-state index contributed by atoms with van der Waals surface area (Å²) in [6, 6.07) is 4.34. The van der Waals surface area contributed by atoms with Crippen molar-refractivity contribution in [2.75, 3.05) is 6.61 Å². The fraction of sp³-hybridized carbons (Fsp3) is 0.250. The van der Waals surface area contributed by atoms with E-state index in [1.54, 1.807) is 6.07 Å². The summed E-state index contributed by atoms with van der Waals surface area (Å²) in [5, 5.41) is 9.31. The molecular weight excluding hydrogens is 158 g/mol. The maximum atomic E-state index is 12.7. The zero-order valence-electron chi connectivity index (χ0n) is 6.46. The minimum absolute atomic E-state index is 0.261. The van der Waals surface area contributed by atoms with Gasteiger partial charge in [-0.15, -0.1) is 0 Å². The molecule has 62 valence electrons. The van der Waals surface area contributed by atoms with Crippen LogP contribution in [0.5, 0.6) is 0 Å². The summed E-state index contributed by atoms with van der Waals surface area (Å²) in [5.41, 5.74) is 1.52. The second kappa shape index (κ2) is 2.88. The minimum Gasteiger partial charge on any atom is -0.423 e. The van der Waals surface area contributed by atoms with Crippen molar-refractivity contribution in [1.29, 1.82) is 0 Å². The molecule has 1 aromatic rings. The molecule has 12 heavy (non-hydrogen) atoms. The smallest absolute Gasteiger partial charge is 0.423 e. The van der Waals surface area contributed by atoms with E-state index in [1.807, 2.05) is 0 Å². The van der Waals surface area contributed by atoms with Crippen LogP contribution in [0.15, 0.2) is 18.2 Å². The molecule has 1 aromatic carbocycles. The van der Waals surface area contributed by atoms with Crippen molar-refractivity contribution < 1.29 is 14.1 Å². The van der Waals surface area contributed by atoms with Gasteiger partial charge in [0.2, 0.25) is 0 Å². The number of halogens is 1. The van der Waals surface area contributed by atoms with E-state index in [0.29, 0.717) is 18.5 Å². The van der Waals surface area contributed by atoms with E-state index in [-0.39, 0.29) is 5.82 Å². The van der Waals surface area contributed by atoms with Gasteiger partial charge in [-0.25, -0.2) is 4.39 Å². The lowest BCUT2D eigenvalue weighted by molar-refractivity contribution is 0.266. The summed E-state index contributed by atoms with van der Waals surface area (Å²) in [5.74, 6) is -0.261. The molecule has 2 rings (SSSR count). The van der Waals surface area contributed by atoms with Gasteiger partial charge < -0.3 is 9.68 Å². The van der Waals surface area contributed by atoms with Gasteiger partial charge in [-0.05, 0) is 29.6 Å². The molecule has 0 saturated carbocycles. The van der Waals surface area contributed by atoms with Crippen molar-refractivity contribution in [2.45, 2.75) is 6.42 Å². The number of rotatable bonds is 0. The van der Waals surface area contributed by atoms with Crippen molar-refractivity contribution in [3.8, 4) is 0 Å². The Morgan fingerprint density at radius 3 is 3.17 bits per heavy atom. The Kier molecular flexibility index (Phi) is 1.86.